The van der Waals surface area contributed by atoms with Crippen LogP contribution < -0.4 is 4.74 Å². The number of hydrogen-bond donors (Lipinski definition) is 0. The minimum Gasteiger partial charge on any atom is -0.490 e. The number of benzene rings is 1. The summed E-state index contributed by atoms with van der Waals surface area (Å²) in [4.78, 5) is 21.5. The third-order valence-electron chi connectivity index (χ3n) is 3.93. The van der Waals surface area contributed by atoms with Crippen molar-refractivity contribution in [2.24, 2.45) is 4.99 Å². The molecular formula is C18H21N3O2S. The predicted molar refractivity (Wildman–Crippen MR) is 99.2 cm³/mol. The zero-order valence-corrected chi connectivity index (χ0v) is 14.6. The third kappa shape index (κ3) is 4.07. The molecule has 3 rings (SSSR count). The minimum atomic E-state index is -0.152. The van der Waals surface area contributed by atoms with Gasteiger partial charge in [0.25, 0.3) is 5.91 Å². The summed E-state index contributed by atoms with van der Waals surface area (Å²) in [5.41, 5.74) is 0.964. The number of amides is 1. The van der Waals surface area contributed by atoms with Gasteiger partial charge in [0.1, 0.15) is 12.4 Å². The van der Waals surface area contributed by atoms with E-state index in [9.17, 15) is 4.79 Å². The van der Waals surface area contributed by atoms with E-state index in [4.69, 9.17) is 4.74 Å². The lowest BCUT2D eigenvalue weighted by molar-refractivity contribution is -0.113. The molecule has 2 aliphatic heterocycles. The van der Waals surface area contributed by atoms with Crippen molar-refractivity contribution in [2.45, 2.75) is 0 Å². The smallest absolute Gasteiger partial charge is 0.286 e. The van der Waals surface area contributed by atoms with Crippen LogP contribution in [0.5, 0.6) is 5.75 Å². The predicted octanol–water partition coefficient (Wildman–Crippen LogP) is 2.47. The Balaban J connectivity index is 1.64. The van der Waals surface area contributed by atoms with Crippen molar-refractivity contribution < 1.29 is 9.53 Å². The fourth-order valence-corrected chi connectivity index (χ4v) is 3.46. The van der Waals surface area contributed by atoms with Crippen LogP contribution in [0, 0.1) is 0 Å². The van der Waals surface area contributed by atoms with Crippen molar-refractivity contribution in [2.75, 3.05) is 39.8 Å². The molecule has 0 N–H and O–H groups in total. The summed E-state index contributed by atoms with van der Waals surface area (Å²) in [7, 11) is 2.11. The number of hydrogen-bond acceptors (Lipinski definition) is 5. The molecule has 1 amide bonds. The Bertz CT molecular complexity index is 674. The molecule has 1 aromatic rings. The number of aliphatic imine (C=N–C) groups is 1. The van der Waals surface area contributed by atoms with Gasteiger partial charge in [-0.15, -0.1) is 0 Å². The van der Waals surface area contributed by atoms with Crippen molar-refractivity contribution in [1.29, 1.82) is 0 Å². The Labute approximate surface area is 146 Å². The molecule has 0 aliphatic carbocycles. The standard InChI is InChI=1S/C18H21N3O2S/c1-3-12-23-15-6-4-14(5-7-15)13-16-17(22)19-18(24-16)21-10-8-20(2)9-11-21/h3-7,13H,1,8-12H2,2H3. The van der Waals surface area contributed by atoms with E-state index < -0.39 is 0 Å². The molecule has 1 saturated heterocycles. The monoisotopic (exact) mass is 343 g/mol. The topological polar surface area (TPSA) is 45.1 Å². The van der Waals surface area contributed by atoms with Gasteiger partial charge in [0.2, 0.25) is 0 Å². The number of thioether (sulfide) groups is 1. The SMILES string of the molecule is C=CCOc1ccc(C=C2SC(N3CCN(C)CC3)=NC2=O)cc1. The molecule has 0 spiro atoms. The van der Waals surface area contributed by atoms with Crippen LogP contribution in [-0.4, -0.2) is 60.7 Å². The molecule has 6 heteroatoms. The van der Waals surface area contributed by atoms with Gasteiger partial charge in [-0.2, -0.15) is 4.99 Å². The van der Waals surface area contributed by atoms with Gasteiger partial charge in [-0.3, -0.25) is 4.79 Å². The summed E-state index contributed by atoms with van der Waals surface area (Å²) in [6.07, 6.45) is 3.60. The van der Waals surface area contributed by atoms with E-state index in [2.05, 4.69) is 28.4 Å². The molecule has 0 aromatic heterocycles. The summed E-state index contributed by atoms with van der Waals surface area (Å²) in [6.45, 7) is 7.94. The summed E-state index contributed by atoms with van der Waals surface area (Å²) in [5.74, 6) is 0.637. The lowest BCUT2D eigenvalue weighted by Gasteiger charge is -2.32. The highest BCUT2D eigenvalue weighted by Crippen LogP contribution is 2.30. The van der Waals surface area contributed by atoms with Gasteiger partial charge in [-0.1, -0.05) is 24.8 Å². The second kappa shape index (κ2) is 7.68. The summed E-state index contributed by atoms with van der Waals surface area (Å²) >= 11 is 1.46. The van der Waals surface area contributed by atoms with E-state index in [1.165, 1.54) is 11.8 Å². The number of carbonyl (C=O) groups is 1. The number of carbonyl (C=O) groups excluding carboxylic acids is 1. The fourth-order valence-electron chi connectivity index (χ4n) is 2.50. The maximum Gasteiger partial charge on any atom is 0.286 e. The van der Waals surface area contributed by atoms with Crippen LogP contribution in [0.15, 0.2) is 46.8 Å². The summed E-state index contributed by atoms with van der Waals surface area (Å²) in [5, 5.41) is 0.824. The van der Waals surface area contributed by atoms with Crippen molar-refractivity contribution in [3.8, 4) is 5.75 Å². The van der Waals surface area contributed by atoms with Gasteiger partial charge >= 0.3 is 0 Å². The van der Waals surface area contributed by atoms with Crippen LogP contribution in [0.1, 0.15) is 5.56 Å². The molecule has 0 radical (unpaired) electrons. The van der Waals surface area contributed by atoms with E-state index in [-0.39, 0.29) is 5.91 Å². The number of ether oxygens (including phenoxy) is 1. The van der Waals surface area contributed by atoms with Crippen molar-refractivity contribution in [3.05, 3.63) is 47.4 Å². The van der Waals surface area contributed by atoms with Gasteiger partial charge < -0.3 is 14.5 Å². The van der Waals surface area contributed by atoms with Gasteiger partial charge in [0, 0.05) is 26.2 Å². The molecular weight excluding hydrogens is 322 g/mol. The van der Waals surface area contributed by atoms with Crippen molar-refractivity contribution in [3.63, 3.8) is 0 Å². The van der Waals surface area contributed by atoms with Crippen LogP contribution in [0.2, 0.25) is 0 Å². The zero-order valence-electron chi connectivity index (χ0n) is 13.8. The van der Waals surface area contributed by atoms with Crippen LogP contribution >= 0.6 is 11.8 Å². The fraction of sp³-hybridized carbons (Fsp3) is 0.333. The number of amidine groups is 1. The first-order valence-electron chi connectivity index (χ1n) is 7.95. The van der Waals surface area contributed by atoms with Crippen LogP contribution in [0.4, 0.5) is 0 Å². The highest BCUT2D eigenvalue weighted by molar-refractivity contribution is 8.18. The van der Waals surface area contributed by atoms with E-state index in [1.54, 1.807) is 6.08 Å². The highest BCUT2D eigenvalue weighted by Gasteiger charge is 2.27. The highest BCUT2D eigenvalue weighted by atomic mass is 32.2. The molecule has 24 heavy (non-hydrogen) atoms. The number of likely N-dealkylation sites (N-methyl/N-ethyl adjacent to an activating group) is 1. The maximum absolute atomic E-state index is 12.2. The Morgan fingerprint density at radius 2 is 1.96 bits per heavy atom. The normalized spacial score (nSPS) is 20.4. The second-order valence-corrected chi connectivity index (χ2v) is 6.78. The average molecular weight is 343 g/mol. The molecule has 0 unspecified atom stereocenters. The number of nitrogens with zero attached hydrogens (tertiary/aromatic N) is 3. The molecule has 0 atom stereocenters. The molecule has 2 heterocycles. The molecule has 126 valence electrons. The quantitative estimate of drug-likeness (QED) is 0.621. The van der Waals surface area contributed by atoms with Gasteiger partial charge in [0.05, 0.1) is 4.91 Å². The summed E-state index contributed by atoms with van der Waals surface area (Å²) in [6, 6.07) is 7.66. The minimum absolute atomic E-state index is 0.152. The molecule has 1 fully saturated rings. The number of rotatable bonds is 4. The first-order chi connectivity index (χ1) is 11.7. The first-order valence-corrected chi connectivity index (χ1v) is 8.77. The van der Waals surface area contributed by atoms with E-state index in [0.29, 0.717) is 11.5 Å². The van der Waals surface area contributed by atoms with Gasteiger partial charge in [0.15, 0.2) is 5.17 Å². The largest absolute Gasteiger partial charge is 0.490 e. The summed E-state index contributed by atoms with van der Waals surface area (Å²) < 4.78 is 5.46. The van der Waals surface area contributed by atoms with Crippen molar-refractivity contribution in [1.82, 2.24) is 9.80 Å². The Morgan fingerprint density at radius 1 is 1.25 bits per heavy atom. The Kier molecular flexibility index (Phi) is 5.37. The zero-order chi connectivity index (χ0) is 16.9. The van der Waals surface area contributed by atoms with E-state index in [1.807, 2.05) is 30.3 Å². The molecule has 2 aliphatic rings. The lowest BCUT2D eigenvalue weighted by Crippen LogP contribution is -2.46. The second-order valence-electron chi connectivity index (χ2n) is 5.77. The van der Waals surface area contributed by atoms with Crippen LogP contribution in [0.25, 0.3) is 6.08 Å². The Hall–Kier alpha value is -2.05. The third-order valence-corrected chi connectivity index (χ3v) is 4.97. The number of piperazine rings is 1. The lowest BCUT2D eigenvalue weighted by atomic mass is 10.2. The van der Waals surface area contributed by atoms with Crippen LogP contribution in [0.3, 0.4) is 0 Å². The van der Waals surface area contributed by atoms with E-state index >= 15 is 0 Å². The van der Waals surface area contributed by atoms with Crippen molar-refractivity contribution >= 4 is 28.9 Å². The molecule has 0 bridgehead atoms. The van der Waals surface area contributed by atoms with Gasteiger partial charge in [-0.05, 0) is 42.6 Å². The molecule has 0 saturated carbocycles. The van der Waals surface area contributed by atoms with Crippen LogP contribution in [-0.2, 0) is 4.79 Å². The maximum atomic E-state index is 12.2. The van der Waals surface area contributed by atoms with E-state index in [0.717, 1.165) is 42.7 Å². The van der Waals surface area contributed by atoms with Gasteiger partial charge in [-0.25, -0.2) is 0 Å². The Morgan fingerprint density at radius 3 is 2.62 bits per heavy atom. The molecule has 5 nitrogen and oxygen atoms in total. The molecule has 1 aromatic carbocycles. The average Bonchev–Trinajstić information content (AvgIpc) is 2.95. The first kappa shape index (κ1) is 16.8.